The van der Waals surface area contributed by atoms with Crippen LogP contribution >= 0.6 is 0 Å². The van der Waals surface area contributed by atoms with E-state index in [2.05, 4.69) is 5.32 Å². The van der Waals surface area contributed by atoms with Crippen molar-refractivity contribution in [2.24, 2.45) is 0 Å². The zero-order valence-electron chi connectivity index (χ0n) is 13.2. The average molecular weight is 332 g/mol. The molecule has 0 aromatic heterocycles. The quantitative estimate of drug-likeness (QED) is 0.392. The minimum absolute atomic E-state index is 0.0799. The maximum atomic E-state index is 11.1. The summed E-state index contributed by atoms with van der Waals surface area (Å²) in [6, 6.07) is -1.65. The Morgan fingerprint density at radius 2 is 1.61 bits per heavy atom. The van der Waals surface area contributed by atoms with E-state index in [4.69, 9.17) is 15.5 Å². The molecule has 11 heteroatoms. The van der Waals surface area contributed by atoms with Gasteiger partial charge in [0.2, 0.25) is 0 Å². The molecule has 2 saturated heterocycles. The molecule has 0 aliphatic carbocycles. The van der Waals surface area contributed by atoms with E-state index in [0.717, 1.165) is 4.90 Å². The number of imide groups is 2. The number of aliphatic hydroxyl groups excluding tert-OH is 1. The maximum Gasteiger partial charge on any atom is 0.375 e. The molecule has 0 aromatic rings. The Hall–Kier alpha value is -2.24. The highest BCUT2D eigenvalue weighted by Crippen LogP contribution is 2.27. The lowest BCUT2D eigenvalue weighted by atomic mass is 9.99. The van der Waals surface area contributed by atoms with Crippen LogP contribution in [0.1, 0.15) is 34.1 Å². The molecule has 1 atom stereocenters. The Morgan fingerprint density at radius 3 is 1.78 bits per heavy atom. The number of amides is 6. The molecule has 6 amide bonds. The summed E-state index contributed by atoms with van der Waals surface area (Å²) in [4.78, 5) is 44.9. The average Bonchev–Trinajstić information content (AvgIpc) is 2.78. The third-order valence-corrected chi connectivity index (χ3v) is 4.01. The summed E-state index contributed by atoms with van der Waals surface area (Å²) >= 11 is 0. The maximum absolute atomic E-state index is 11.1. The summed E-state index contributed by atoms with van der Waals surface area (Å²) in [6.45, 7) is 5.72. The Labute approximate surface area is 132 Å². The van der Waals surface area contributed by atoms with Gasteiger partial charge in [-0.3, -0.25) is 30.2 Å². The molecule has 4 N–H and O–H groups in total. The van der Waals surface area contributed by atoms with Crippen molar-refractivity contribution >= 4 is 23.9 Å². The van der Waals surface area contributed by atoms with E-state index in [1.807, 2.05) is 0 Å². The zero-order valence-corrected chi connectivity index (χ0v) is 13.2. The molecule has 11 nitrogen and oxygen atoms in total. The molecule has 2 rings (SSSR count). The molecule has 0 aromatic carbocycles. The summed E-state index contributed by atoms with van der Waals surface area (Å²) in [5.74, 6) is -1.19. The van der Waals surface area contributed by atoms with Crippen molar-refractivity contribution < 1.29 is 34.7 Å². The lowest BCUT2D eigenvalue weighted by molar-refractivity contribution is -0.157. The van der Waals surface area contributed by atoms with Gasteiger partial charge in [-0.15, -0.1) is 5.06 Å². The van der Waals surface area contributed by atoms with Crippen LogP contribution in [0.3, 0.4) is 0 Å². The van der Waals surface area contributed by atoms with Gasteiger partial charge in [-0.2, -0.15) is 5.06 Å². The highest BCUT2D eigenvalue weighted by molar-refractivity contribution is 6.06. The number of hydrogen-bond acceptors (Lipinski definition) is 7. The second kappa shape index (κ2) is 6.10. The number of nitrogens with one attached hydrogen (secondary N) is 1. The van der Waals surface area contributed by atoms with Crippen LogP contribution in [0, 0.1) is 0 Å². The Kier molecular flexibility index (Phi) is 4.99. The van der Waals surface area contributed by atoms with Crippen molar-refractivity contribution in [2.45, 2.75) is 45.2 Å². The number of carbonyl (C=O) groups excluding carboxylic acids is 4. The lowest BCUT2D eigenvalue weighted by Crippen LogP contribution is -2.44. The van der Waals surface area contributed by atoms with Crippen molar-refractivity contribution in [2.75, 3.05) is 6.73 Å². The number of hydroxylamine groups is 4. The third-order valence-electron chi connectivity index (χ3n) is 4.01. The predicted octanol–water partition coefficient (Wildman–Crippen LogP) is -0.536. The van der Waals surface area contributed by atoms with Crippen molar-refractivity contribution in [3.05, 3.63) is 0 Å². The van der Waals surface area contributed by atoms with Crippen molar-refractivity contribution in [1.82, 2.24) is 20.3 Å². The fourth-order valence-corrected chi connectivity index (χ4v) is 1.94. The van der Waals surface area contributed by atoms with Gasteiger partial charge >= 0.3 is 12.1 Å². The lowest BCUT2D eigenvalue weighted by Gasteiger charge is -2.24. The predicted molar refractivity (Wildman–Crippen MR) is 72.9 cm³/mol. The van der Waals surface area contributed by atoms with Crippen LogP contribution in [0.4, 0.5) is 9.59 Å². The highest BCUT2D eigenvalue weighted by Gasteiger charge is 2.53. The number of hydrogen-bond donors (Lipinski definition) is 4. The fourth-order valence-electron chi connectivity index (χ4n) is 1.94. The second-order valence-corrected chi connectivity index (χ2v) is 5.73. The summed E-state index contributed by atoms with van der Waals surface area (Å²) < 4.78 is 0. The normalized spacial score (nSPS) is 26.5. The second-order valence-electron chi connectivity index (χ2n) is 5.73. The largest absolute Gasteiger partial charge is 0.376 e. The number of urea groups is 2. The number of rotatable bonds is 2. The van der Waals surface area contributed by atoms with Crippen LogP contribution in [0.25, 0.3) is 0 Å². The van der Waals surface area contributed by atoms with E-state index in [1.165, 1.54) is 6.92 Å². The van der Waals surface area contributed by atoms with Crippen LogP contribution in [0.2, 0.25) is 0 Å². The molecule has 2 heterocycles. The van der Waals surface area contributed by atoms with E-state index in [-0.39, 0.29) is 22.5 Å². The van der Waals surface area contributed by atoms with Crippen molar-refractivity contribution in [1.29, 1.82) is 0 Å². The van der Waals surface area contributed by atoms with Gasteiger partial charge in [0.15, 0.2) is 0 Å². The van der Waals surface area contributed by atoms with Gasteiger partial charge in [-0.1, -0.05) is 6.92 Å². The van der Waals surface area contributed by atoms with Gasteiger partial charge in [-0.25, -0.2) is 9.59 Å². The molecule has 130 valence electrons. The molecule has 0 saturated carbocycles. The van der Waals surface area contributed by atoms with Gasteiger partial charge in [0.1, 0.15) is 17.8 Å². The standard InChI is InChI=1S/C6H10N2O4.C6H10N2O3/c1-3-6(2)4(9)7(11)5(10)8(6)12;1-6(2)4(10)7-5(11)8(6)3-9/h11-12H,3H2,1-2H3;9H,3H2,1-2H3,(H,7,10,11). The van der Waals surface area contributed by atoms with Gasteiger partial charge < -0.3 is 5.11 Å². The van der Waals surface area contributed by atoms with Gasteiger partial charge in [0, 0.05) is 0 Å². The van der Waals surface area contributed by atoms with E-state index in [1.54, 1.807) is 20.8 Å². The van der Waals surface area contributed by atoms with Gasteiger partial charge in [-0.05, 0) is 27.2 Å². The zero-order chi connectivity index (χ0) is 18.2. The van der Waals surface area contributed by atoms with Crippen LogP contribution in [-0.4, -0.2) is 72.2 Å². The van der Waals surface area contributed by atoms with Crippen LogP contribution in [-0.2, 0) is 9.59 Å². The molecular weight excluding hydrogens is 312 g/mol. The Balaban J connectivity index is 0.000000231. The summed E-state index contributed by atoms with van der Waals surface area (Å²) in [7, 11) is 0. The summed E-state index contributed by atoms with van der Waals surface area (Å²) in [5.41, 5.74) is -2.25. The molecule has 0 spiro atoms. The van der Waals surface area contributed by atoms with Gasteiger partial charge in [0.25, 0.3) is 11.8 Å². The van der Waals surface area contributed by atoms with Crippen LogP contribution < -0.4 is 5.32 Å². The van der Waals surface area contributed by atoms with Crippen molar-refractivity contribution in [3.8, 4) is 0 Å². The van der Waals surface area contributed by atoms with Crippen molar-refractivity contribution in [3.63, 3.8) is 0 Å². The Morgan fingerprint density at radius 1 is 1.09 bits per heavy atom. The fraction of sp³-hybridized carbons (Fsp3) is 0.667. The van der Waals surface area contributed by atoms with E-state index < -0.39 is 35.8 Å². The van der Waals surface area contributed by atoms with E-state index >= 15 is 0 Å². The van der Waals surface area contributed by atoms with E-state index in [9.17, 15) is 19.2 Å². The molecule has 0 bridgehead atoms. The molecule has 2 aliphatic rings. The molecule has 2 aliphatic heterocycles. The number of nitrogens with zero attached hydrogens (tertiary/aromatic N) is 3. The summed E-state index contributed by atoms with van der Waals surface area (Å²) in [5, 5.41) is 28.9. The first-order chi connectivity index (χ1) is 10.4. The van der Waals surface area contributed by atoms with Gasteiger partial charge in [0.05, 0.1) is 0 Å². The SMILES string of the molecule is CC1(C)C(=O)NC(=O)N1CO.CCC1(C)C(=O)N(O)C(=O)N1O. The van der Waals surface area contributed by atoms with E-state index in [0.29, 0.717) is 0 Å². The summed E-state index contributed by atoms with van der Waals surface area (Å²) in [6.07, 6.45) is 0.241. The first kappa shape index (κ1) is 18.8. The molecule has 23 heavy (non-hydrogen) atoms. The topological polar surface area (TPSA) is 151 Å². The first-order valence-electron chi connectivity index (χ1n) is 6.75. The third kappa shape index (κ3) is 2.85. The minimum Gasteiger partial charge on any atom is -0.376 e. The highest BCUT2D eigenvalue weighted by atomic mass is 16.6. The molecule has 2 fully saturated rings. The Bertz CT molecular complexity index is 550. The first-order valence-corrected chi connectivity index (χ1v) is 6.75. The monoisotopic (exact) mass is 332 g/mol. The number of carbonyl (C=O) groups is 4. The molecule has 1 unspecified atom stereocenters. The smallest absolute Gasteiger partial charge is 0.375 e. The van der Waals surface area contributed by atoms with Crippen LogP contribution in [0.15, 0.2) is 0 Å². The van der Waals surface area contributed by atoms with Crippen LogP contribution in [0.5, 0.6) is 0 Å². The molecular formula is C12H20N4O7. The molecule has 0 radical (unpaired) electrons. The minimum atomic E-state index is -1.33. The number of aliphatic hydroxyl groups is 1.